The fourth-order valence-electron chi connectivity index (χ4n) is 5.18. The zero-order valence-corrected chi connectivity index (χ0v) is 20.0. The lowest BCUT2D eigenvalue weighted by molar-refractivity contribution is -0.153. The molecule has 3 aliphatic heterocycles. The summed E-state index contributed by atoms with van der Waals surface area (Å²) in [6.07, 6.45) is 4.71. The normalized spacial score (nSPS) is 22.5. The van der Waals surface area contributed by atoms with E-state index in [1.807, 2.05) is 49.9 Å². The van der Waals surface area contributed by atoms with Crippen molar-refractivity contribution in [2.45, 2.75) is 64.5 Å². The number of rotatable bonds is 5. The molecule has 2 N–H and O–H groups in total. The number of hydrogen-bond acceptors (Lipinski definition) is 6. The van der Waals surface area contributed by atoms with E-state index in [1.54, 1.807) is 0 Å². The van der Waals surface area contributed by atoms with Crippen LogP contribution in [0.25, 0.3) is 0 Å². The zero-order chi connectivity index (χ0) is 24.1. The highest BCUT2D eigenvalue weighted by atomic mass is 16.6. The van der Waals surface area contributed by atoms with Crippen molar-refractivity contribution in [2.24, 2.45) is 5.41 Å². The molecule has 1 spiro atoms. The number of carbonyl (C=O) groups is 3. The standard InChI is InChI=1S/C24H35N3O3.CH2O2/c1-18-6-8-19(9-7-18)25-23(2,3)21(28)27-14-10-24(11-15-27)16-20(30-22(24)29)17-26-12-4-5-13-26;2-1-3/h6-9,20,25H,4-5,10-17H2,1-3H3;1H,(H,2,3). The van der Waals surface area contributed by atoms with Crippen molar-refractivity contribution >= 4 is 24.0 Å². The number of carboxylic acid groups (broad SMARTS) is 1. The first-order valence-electron chi connectivity index (χ1n) is 11.8. The van der Waals surface area contributed by atoms with E-state index in [9.17, 15) is 9.59 Å². The summed E-state index contributed by atoms with van der Waals surface area (Å²) in [6.45, 7) is 9.98. The minimum absolute atomic E-state index is 0.0116. The highest BCUT2D eigenvalue weighted by Gasteiger charge is 2.51. The van der Waals surface area contributed by atoms with Gasteiger partial charge in [-0.3, -0.25) is 19.3 Å². The van der Waals surface area contributed by atoms with Gasteiger partial charge < -0.3 is 20.1 Å². The van der Waals surface area contributed by atoms with Crippen LogP contribution in [0.1, 0.15) is 51.5 Å². The van der Waals surface area contributed by atoms with Crippen molar-refractivity contribution in [1.29, 1.82) is 0 Å². The van der Waals surface area contributed by atoms with Gasteiger partial charge in [-0.1, -0.05) is 17.7 Å². The predicted molar refractivity (Wildman–Crippen MR) is 126 cm³/mol. The van der Waals surface area contributed by atoms with Crippen LogP contribution >= 0.6 is 0 Å². The smallest absolute Gasteiger partial charge is 0.312 e. The largest absolute Gasteiger partial charge is 0.483 e. The van der Waals surface area contributed by atoms with Crippen molar-refractivity contribution in [3.8, 4) is 0 Å². The molecule has 1 aromatic rings. The van der Waals surface area contributed by atoms with Crippen LogP contribution in [0, 0.1) is 12.3 Å². The summed E-state index contributed by atoms with van der Waals surface area (Å²) in [5.74, 6) is 0.0359. The molecule has 4 rings (SSSR count). The quantitative estimate of drug-likeness (QED) is 0.516. The third-order valence-electron chi connectivity index (χ3n) is 7.04. The summed E-state index contributed by atoms with van der Waals surface area (Å²) in [5, 5.41) is 10.3. The number of esters is 1. The molecule has 3 heterocycles. The average molecular weight is 460 g/mol. The molecular weight excluding hydrogens is 422 g/mol. The lowest BCUT2D eigenvalue weighted by Gasteiger charge is -2.40. The van der Waals surface area contributed by atoms with Crippen LogP contribution in [0.5, 0.6) is 0 Å². The molecular formula is C25H37N3O5. The monoisotopic (exact) mass is 459 g/mol. The summed E-state index contributed by atoms with van der Waals surface area (Å²) in [7, 11) is 0. The maximum absolute atomic E-state index is 13.2. The van der Waals surface area contributed by atoms with Gasteiger partial charge in [0.2, 0.25) is 5.91 Å². The average Bonchev–Trinajstić information content (AvgIpc) is 3.38. The Kier molecular flexibility index (Phi) is 8.00. The number of benzene rings is 1. The lowest BCUT2D eigenvalue weighted by Crippen LogP contribution is -2.54. The van der Waals surface area contributed by atoms with Gasteiger partial charge in [0.25, 0.3) is 6.47 Å². The van der Waals surface area contributed by atoms with E-state index in [2.05, 4.69) is 10.2 Å². The highest BCUT2D eigenvalue weighted by molar-refractivity contribution is 5.89. The maximum Gasteiger partial charge on any atom is 0.312 e. The third kappa shape index (κ3) is 6.05. The number of carbonyl (C=O) groups excluding carboxylic acids is 2. The minimum Gasteiger partial charge on any atom is -0.483 e. The van der Waals surface area contributed by atoms with Crippen molar-refractivity contribution in [3.63, 3.8) is 0 Å². The molecule has 0 saturated carbocycles. The topological polar surface area (TPSA) is 99.2 Å². The van der Waals surface area contributed by atoms with Gasteiger partial charge in [0.1, 0.15) is 11.6 Å². The predicted octanol–water partition coefficient (Wildman–Crippen LogP) is 2.91. The van der Waals surface area contributed by atoms with E-state index in [1.165, 1.54) is 18.4 Å². The Balaban J connectivity index is 0.000000968. The number of nitrogens with one attached hydrogen (secondary N) is 1. The van der Waals surface area contributed by atoms with Crippen molar-refractivity contribution in [1.82, 2.24) is 9.80 Å². The molecule has 33 heavy (non-hydrogen) atoms. The molecule has 3 saturated heterocycles. The number of ether oxygens (including phenoxy) is 1. The van der Waals surface area contributed by atoms with Crippen LogP contribution < -0.4 is 5.32 Å². The molecule has 0 radical (unpaired) electrons. The number of aryl methyl sites for hydroxylation is 1. The molecule has 1 amide bonds. The molecule has 8 heteroatoms. The summed E-state index contributed by atoms with van der Waals surface area (Å²) >= 11 is 0. The molecule has 0 aromatic heterocycles. The van der Waals surface area contributed by atoms with Crippen LogP contribution in [0.4, 0.5) is 5.69 Å². The second-order valence-corrected chi connectivity index (χ2v) is 10.0. The van der Waals surface area contributed by atoms with Gasteiger partial charge in [-0.2, -0.15) is 0 Å². The van der Waals surface area contributed by atoms with Gasteiger partial charge >= 0.3 is 5.97 Å². The van der Waals surface area contributed by atoms with Crippen molar-refractivity contribution in [2.75, 3.05) is 38.0 Å². The number of anilines is 1. The van der Waals surface area contributed by atoms with E-state index < -0.39 is 11.0 Å². The molecule has 8 nitrogen and oxygen atoms in total. The zero-order valence-electron chi connectivity index (χ0n) is 20.0. The summed E-state index contributed by atoms with van der Waals surface area (Å²) in [5.41, 5.74) is 1.04. The van der Waals surface area contributed by atoms with Gasteiger partial charge in [0.05, 0.1) is 5.41 Å². The molecule has 0 bridgehead atoms. The maximum atomic E-state index is 13.2. The fraction of sp³-hybridized carbons (Fsp3) is 0.640. The Labute approximate surface area is 196 Å². The van der Waals surface area contributed by atoms with Gasteiger partial charge in [0.15, 0.2) is 0 Å². The van der Waals surface area contributed by atoms with Gasteiger partial charge in [-0.25, -0.2) is 0 Å². The Morgan fingerprint density at radius 2 is 1.76 bits per heavy atom. The van der Waals surface area contributed by atoms with Crippen LogP contribution in [0.15, 0.2) is 24.3 Å². The number of piperidine rings is 1. The first-order valence-corrected chi connectivity index (χ1v) is 11.8. The van der Waals surface area contributed by atoms with Crippen LogP contribution in [-0.2, 0) is 19.1 Å². The first-order chi connectivity index (χ1) is 15.7. The molecule has 0 aliphatic carbocycles. The Bertz CT molecular complexity index is 825. The molecule has 182 valence electrons. The molecule has 1 atom stereocenters. The van der Waals surface area contributed by atoms with E-state index >= 15 is 0 Å². The number of cyclic esters (lactones) is 1. The van der Waals surface area contributed by atoms with Gasteiger partial charge in [-0.05, 0) is 71.7 Å². The van der Waals surface area contributed by atoms with Crippen molar-refractivity contribution in [3.05, 3.63) is 29.8 Å². The summed E-state index contributed by atoms with van der Waals surface area (Å²) in [6, 6.07) is 8.09. The molecule has 3 fully saturated rings. The third-order valence-corrected chi connectivity index (χ3v) is 7.04. The summed E-state index contributed by atoms with van der Waals surface area (Å²) < 4.78 is 5.77. The number of likely N-dealkylation sites (tertiary alicyclic amines) is 2. The SMILES string of the molecule is Cc1ccc(NC(C)(C)C(=O)N2CCC3(CC2)CC(CN2CCCC2)OC3=O)cc1.O=CO. The second-order valence-electron chi connectivity index (χ2n) is 10.0. The van der Waals surface area contributed by atoms with Crippen LogP contribution in [0.2, 0.25) is 0 Å². The van der Waals surface area contributed by atoms with E-state index in [0.29, 0.717) is 25.9 Å². The minimum atomic E-state index is -0.700. The van der Waals surface area contributed by atoms with E-state index in [0.717, 1.165) is 31.7 Å². The highest BCUT2D eigenvalue weighted by Crippen LogP contribution is 2.43. The first kappa shape index (κ1) is 25.0. The van der Waals surface area contributed by atoms with E-state index in [-0.39, 0.29) is 24.5 Å². The number of hydrogen-bond donors (Lipinski definition) is 2. The fourth-order valence-corrected chi connectivity index (χ4v) is 5.18. The van der Waals surface area contributed by atoms with E-state index in [4.69, 9.17) is 14.6 Å². The number of nitrogens with zero attached hydrogens (tertiary/aromatic N) is 2. The number of amides is 1. The Morgan fingerprint density at radius 3 is 2.33 bits per heavy atom. The lowest BCUT2D eigenvalue weighted by atomic mass is 9.75. The molecule has 3 aliphatic rings. The Hall–Kier alpha value is -2.61. The molecule has 1 unspecified atom stereocenters. The van der Waals surface area contributed by atoms with Gasteiger partial charge in [-0.15, -0.1) is 0 Å². The molecule has 1 aromatic carbocycles. The Morgan fingerprint density at radius 1 is 1.18 bits per heavy atom. The second kappa shape index (κ2) is 10.5. The van der Waals surface area contributed by atoms with Crippen molar-refractivity contribution < 1.29 is 24.2 Å². The van der Waals surface area contributed by atoms with Gasteiger partial charge in [0, 0.05) is 31.7 Å². The summed E-state index contributed by atoms with van der Waals surface area (Å²) in [4.78, 5) is 38.6. The van der Waals surface area contributed by atoms with Crippen LogP contribution in [-0.4, -0.2) is 77.6 Å². The van der Waals surface area contributed by atoms with Crippen LogP contribution in [0.3, 0.4) is 0 Å².